The summed E-state index contributed by atoms with van der Waals surface area (Å²) in [6.07, 6.45) is 0.503. The quantitative estimate of drug-likeness (QED) is 0.858. The minimum Gasteiger partial charge on any atom is -0.452 e. The predicted octanol–water partition coefficient (Wildman–Crippen LogP) is 2.48. The van der Waals surface area contributed by atoms with E-state index in [1.54, 1.807) is 13.0 Å². The summed E-state index contributed by atoms with van der Waals surface area (Å²) in [7, 11) is 0. The van der Waals surface area contributed by atoms with E-state index in [1.807, 2.05) is 6.92 Å². The van der Waals surface area contributed by atoms with Crippen LogP contribution in [0.15, 0.2) is 28.8 Å². The van der Waals surface area contributed by atoms with Gasteiger partial charge in [0.25, 0.3) is 5.91 Å². The van der Waals surface area contributed by atoms with Crippen LogP contribution in [-0.2, 0) is 16.0 Å². The van der Waals surface area contributed by atoms with Crippen LogP contribution >= 0.6 is 0 Å². The van der Waals surface area contributed by atoms with Crippen LogP contribution < -0.4 is 5.32 Å². The summed E-state index contributed by atoms with van der Waals surface area (Å²) in [6, 6.07) is 5.72. The van der Waals surface area contributed by atoms with Gasteiger partial charge in [-0.05, 0) is 25.5 Å². The molecule has 0 saturated heterocycles. The molecule has 0 aliphatic carbocycles. The largest absolute Gasteiger partial charge is 0.452 e. The Morgan fingerprint density at radius 3 is 2.77 bits per heavy atom. The molecule has 7 heteroatoms. The van der Waals surface area contributed by atoms with Crippen LogP contribution in [0.1, 0.15) is 28.7 Å². The fraction of sp³-hybridized carbons (Fsp3) is 0.267. The monoisotopic (exact) mass is 306 g/mol. The van der Waals surface area contributed by atoms with Crippen LogP contribution in [-0.4, -0.2) is 23.6 Å². The molecule has 0 aliphatic rings. The number of benzene rings is 1. The molecule has 1 heterocycles. The Hall–Kier alpha value is -2.70. The zero-order valence-electron chi connectivity index (χ0n) is 12.2. The standard InChI is InChI=1S/C15H15FN2O4/c1-3-11-14(9(2)22-18-11)15(20)21-8-13(19)17-12-7-5-4-6-10(12)16/h4-7H,3,8H2,1-2H3,(H,17,19). The van der Waals surface area contributed by atoms with Gasteiger partial charge in [-0.1, -0.05) is 24.2 Å². The van der Waals surface area contributed by atoms with Crippen LogP contribution in [0.4, 0.5) is 10.1 Å². The smallest absolute Gasteiger partial charge is 0.344 e. The first-order valence-corrected chi connectivity index (χ1v) is 6.69. The van der Waals surface area contributed by atoms with E-state index in [2.05, 4.69) is 10.5 Å². The highest BCUT2D eigenvalue weighted by Crippen LogP contribution is 2.15. The van der Waals surface area contributed by atoms with E-state index < -0.39 is 24.3 Å². The lowest BCUT2D eigenvalue weighted by molar-refractivity contribution is -0.119. The first kappa shape index (κ1) is 15.7. The predicted molar refractivity (Wildman–Crippen MR) is 75.9 cm³/mol. The van der Waals surface area contributed by atoms with Crippen molar-refractivity contribution in [3.63, 3.8) is 0 Å². The van der Waals surface area contributed by atoms with E-state index in [0.29, 0.717) is 17.9 Å². The molecule has 0 bridgehead atoms. The molecule has 0 spiro atoms. The Morgan fingerprint density at radius 2 is 2.09 bits per heavy atom. The lowest BCUT2D eigenvalue weighted by Crippen LogP contribution is -2.22. The highest BCUT2D eigenvalue weighted by molar-refractivity contribution is 5.96. The van der Waals surface area contributed by atoms with Gasteiger partial charge in [0.15, 0.2) is 6.61 Å². The van der Waals surface area contributed by atoms with Crippen molar-refractivity contribution in [2.75, 3.05) is 11.9 Å². The van der Waals surface area contributed by atoms with Crippen LogP contribution in [0.25, 0.3) is 0 Å². The Bertz CT molecular complexity index is 697. The number of ether oxygens (including phenoxy) is 1. The third kappa shape index (κ3) is 3.49. The molecular formula is C15H15FN2O4. The number of hydrogen-bond acceptors (Lipinski definition) is 5. The number of carbonyl (C=O) groups excluding carboxylic acids is 2. The van der Waals surface area contributed by atoms with Crippen molar-refractivity contribution < 1.29 is 23.2 Å². The maximum absolute atomic E-state index is 13.4. The molecule has 0 atom stereocenters. The summed E-state index contributed by atoms with van der Waals surface area (Å²) >= 11 is 0. The average molecular weight is 306 g/mol. The third-order valence-corrected chi connectivity index (χ3v) is 2.95. The van der Waals surface area contributed by atoms with Gasteiger partial charge in [0.05, 0.1) is 11.4 Å². The van der Waals surface area contributed by atoms with Crippen molar-refractivity contribution in [2.24, 2.45) is 0 Å². The second-order valence-corrected chi connectivity index (χ2v) is 4.52. The normalized spacial score (nSPS) is 10.3. The van der Waals surface area contributed by atoms with E-state index in [0.717, 1.165) is 0 Å². The molecule has 0 unspecified atom stereocenters. The molecule has 2 rings (SSSR count). The number of halogens is 1. The van der Waals surface area contributed by atoms with E-state index in [1.165, 1.54) is 18.2 Å². The number of nitrogens with zero attached hydrogens (tertiary/aromatic N) is 1. The second-order valence-electron chi connectivity index (χ2n) is 4.52. The van der Waals surface area contributed by atoms with Crippen LogP contribution in [0.3, 0.4) is 0 Å². The lowest BCUT2D eigenvalue weighted by Gasteiger charge is -2.07. The van der Waals surface area contributed by atoms with E-state index >= 15 is 0 Å². The summed E-state index contributed by atoms with van der Waals surface area (Å²) < 4.78 is 23.2. The minimum atomic E-state index is -0.695. The fourth-order valence-electron chi connectivity index (χ4n) is 1.87. The molecule has 1 aromatic carbocycles. The third-order valence-electron chi connectivity index (χ3n) is 2.95. The maximum Gasteiger partial charge on any atom is 0.344 e. The number of amides is 1. The first-order chi connectivity index (χ1) is 10.5. The topological polar surface area (TPSA) is 81.4 Å². The number of hydrogen-bond donors (Lipinski definition) is 1. The summed E-state index contributed by atoms with van der Waals surface area (Å²) in [4.78, 5) is 23.6. The van der Waals surface area contributed by atoms with E-state index in [4.69, 9.17) is 9.26 Å². The second kappa shape index (κ2) is 6.84. The van der Waals surface area contributed by atoms with Gasteiger partial charge >= 0.3 is 5.97 Å². The number of rotatable bonds is 5. The Labute approximate surface area is 126 Å². The molecular weight excluding hydrogens is 291 g/mol. The van der Waals surface area contributed by atoms with Gasteiger partial charge < -0.3 is 14.6 Å². The molecule has 0 saturated carbocycles. The van der Waals surface area contributed by atoms with Gasteiger partial charge in [0.2, 0.25) is 0 Å². The highest BCUT2D eigenvalue weighted by Gasteiger charge is 2.21. The summed E-state index contributed by atoms with van der Waals surface area (Å²) in [6.45, 7) is 2.88. The van der Waals surface area contributed by atoms with Crippen molar-refractivity contribution in [3.8, 4) is 0 Å². The minimum absolute atomic E-state index is 0.0268. The molecule has 0 aliphatic heterocycles. The zero-order valence-corrected chi connectivity index (χ0v) is 12.2. The number of carbonyl (C=O) groups is 2. The molecule has 22 heavy (non-hydrogen) atoms. The molecule has 1 amide bonds. The first-order valence-electron chi connectivity index (χ1n) is 6.69. The van der Waals surface area contributed by atoms with Crippen LogP contribution in [0.5, 0.6) is 0 Å². The van der Waals surface area contributed by atoms with Gasteiger partial charge in [0.1, 0.15) is 17.1 Å². The van der Waals surface area contributed by atoms with Gasteiger partial charge in [-0.15, -0.1) is 0 Å². The number of esters is 1. The summed E-state index contributed by atoms with van der Waals surface area (Å²) in [5, 5.41) is 6.06. The molecule has 6 nitrogen and oxygen atoms in total. The lowest BCUT2D eigenvalue weighted by atomic mass is 10.1. The molecule has 0 radical (unpaired) electrons. The van der Waals surface area contributed by atoms with Gasteiger partial charge in [-0.3, -0.25) is 4.79 Å². The zero-order chi connectivity index (χ0) is 16.1. The average Bonchev–Trinajstić information content (AvgIpc) is 2.88. The van der Waals surface area contributed by atoms with Crippen molar-refractivity contribution in [1.82, 2.24) is 5.16 Å². The summed E-state index contributed by atoms with van der Waals surface area (Å²) in [5.74, 6) is -1.56. The van der Waals surface area contributed by atoms with Gasteiger partial charge in [-0.2, -0.15) is 0 Å². The van der Waals surface area contributed by atoms with Crippen LogP contribution in [0.2, 0.25) is 0 Å². The highest BCUT2D eigenvalue weighted by atomic mass is 19.1. The van der Waals surface area contributed by atoms with E-state index in [9.17, 15) is 14.0 Å². The van der Waals surface area contributed by atoms with Crippen molar-refractivity contribution in [2.45, 2.75) is 20.3 Å². The van der Waals surface area contributed by atoms with Crippen molar-refractivity contribution >= 4 is 17.6 Å². The molecule has 2 aromatic rings. The van der Waals surface area contributed by atoms with Crippen LogP contribution in [0, 0.1) is 12.7 Å². The number of aromatic nitrogens is 1. The molecule has 1 N–H and O–H groups in total. The Morgan fingerprint density at radius 1 is 1.36 bits per heavy atom. The Kier molecular flexibility index (Phi) is 4.88. The van der Waals surface area contributed by atoms with E-state index in [-0.39, 0.29) is 11.3 Å². The van der Waals surface area contributed by atoms with Gasteiger partial charge in [0, 0.05) is 0 Å². The summed E-state index contributed by atoms with van der Waals surface area (Å²) in [5.41, 5.74) is 0.720. The number of nitrogens with one attached hydrogen (secondary N) is 1. The molecule has 1 aromatic heterocycles. The molecule has 0 fully saturated rings. The molecule has 116 valence electrons. The SMILES string of the molecule is CCc1noc(C)c1C(=O)OCC(=O)Nc1ccccc1F. The number of anilines is 1. The number of aryl methyl sites for hydroxylation is 2. The Balaban J connectivity index is 1.95. The number of para-hydroxylation sites is 1. The van der Waals surface area contributed by atoms with Crippen molar-refractivity contribution in [3.05, 3.63) is 47.1 Å². The fourth-order valence-corrected chi connectivity index (χ4v) is 1.87. The maximum atomic E-state index is 13.4. The van der Waals surface area contributed by atoms with Crippen molar-refractivity contribution in [1.29, 1.82) is 0 Å². The van der Waals surface area contributed by atoms with Gasteiger partial charge in [-0.25, -0.2) is 9.18 Å².